The highest BCUT2D eigenvalue weighted by molar-refractivity contribution is 7.89. The van der Waals surface area contributed by atoms with Gasteiger partial charge in [0.05, 0.1) is 16.9 Å². The molecule has 10 heteroatoms. The van der Waals surface area contributed by atoms with Gasteiger partial charge in [-0.05, 0) is 81.1 Å². The Hall–Kier alpha value is -2.43. The fraction of sp³-hybridized carbons (Fsp3) is 0.480. The van der Waals surface area contributed by atoms with Crippen LogP contribution in [0.15, 0.2) is 47.4 Å². The van der Waals surface area contributed by atoms with Crippen molar-refractivity contribution in [2.45, 2.75) is 63.2 Å². The smallest absolute Gasteiger partial charge is 0.416 e. The number of alkyl halides is 3. The van der Waals surface area contributed by atoms with Crippen molar-refractivity contribution < 1.29 is 31.5 Å². The third-order valence-electron chi connectivity index (χ3n) is 6.18. The monoisotopic (exact) mass is 512 g/mol. The molecule has 0 aromatic heterocycles. The second-order valence-electron chi connectivity index (χ2n) is 9.32. The van der Waals surface area contributed by atoms with Crippen LogP contribution in [0.1, 0.15) is 42.5 Å². The van der Waals surface area contributed by atoms with Gasteiger partial charge in [0.1, 0.15) is 0 Å². The van der Waals surface area contributed by atoms with Crippen molar-refractivity contribution in [1.29, 1.82) is 0 Å². The van der Waals surface area contributed by atoms with Crippen LogP contribution in [0, 0.1) is 6.92 Å². The van der Waals surface area contributed by atoms with Gasteiger partial charge in [-0.15, -0.1) is 0 Å². The van der Waals surface area contributed by atoms with Gasteiger partial charge >= 0.3 is 12.1 Å². The van der Waals surface area contributed by atoms with E-state index in [1.807, 2.05) is 13.8 Å². The molecule has 0 radical (unpaired) electrons. The Balaban J connectivity index is 1.63. The number of carboxylic acids is 1. The molecular formula is C25H31F3N2O4S. The van der Waals surface area contributed by atoms with E-state index in [0.29, 0.717) is 37.2 Å². The van der Waals surface area contributed by atoms with Gasteiger partial charge in [-0.1, -0.05) is 18.2 Å². The Bertz CT molecular complexity index is 1140. The third kappa shape index (κ3) is 6.83. The molecule has 1 aliphatic heterocycles. The Morgan fingerprint density at radius 2 is 1.63 bits per heavy atom. The number of halogens is 3. The zero-order chi connectivity index (χ0) is 26.0. The Labute approximate surface area is 204 Å². The summed E-state index contributed by atoms with van der Waals surface area (Å²) in [5.41, 5.74) is 1.30. The number of rotatable bonds is 8. The Morgan fingerprint density at radius 3 is 2.17 bits per heavy atom. The van der Waals surface area contributed by atoms with Gasteiger partial charge in [0.15, 0.2) is 0 Å². The fourth-order valence-electron chi connectivity index (χ4n) is 4.81. The summed E-state index contributed by atoms with van der Waals surface area (Å²) in [6, 6.07) is 9.28. The molecular weight excluding hydrogens is 481 g/mol. The first kappa shape index (κ1) is 27.2. The highest BCUT2D eigenvalue weighted by Crippen LogP contribution is 2.30. The van der Waals surface area contributed by atoms with E-state index in [2.05, 4.69) is 4.90 Å². The molecule has 0 spiro atoms. The van der Waals surface area contributed by atoms with Crippen LogP contribution in [-0.2, 0) is 33.8 Å². The first-order valence-electron chi connectivity index (χ1n) is 11.5. The molecule has 35 heavy (non-hydrogen) atoms. The van der Waals surface area contributed by atoms with E-state index < -0.39 is 27.7 Å². The minimum absolute atomic E-state index is 0.100. The maximum absolute atomic E-state index is 13.5. The third-order valence-corrected chi connectivity index (χ3v) is 8.28. The molecule has 2 atom stereocenters. The molecule has 1 N–H and O–H groups in total. The molecule has 0 saturated carbocycles. The molecule has 3 rings (SSSR count). The second-order valence-corrected chi connectivity index (χ2v) is 11.2. The van der Waals surface area contributed by atoms with Gasteiger partial charge in [-0.2, -0.15) is 17.5 Å². The lowest BCUT2D eigenvalue weighted by Gasteiger charge is -2.43. The first-order chi connectivity index (χ1) is 16.3. The molecule has 2 aromatic rings. The standard InChI is InChI=1S/C25H31F3N2O4S/c1-17-11-21(14-24(31)32)13-23(12-17)35(33,34)30-18(2)15-29(16-19(30)3)10-4-5-20-6-8-22(9-7-20)25(26,27)28/h6-9,11-13,18-19H,4-5,10,14-16H2,1-3H3,(H,31,32)/t18-,19+. The number of carbonyl (C=O) groups is 1. The summed E-state index contributed by atoms with van der Waals surface area (Å²) in [7, 11) is -3.82. The van der Waals surface area contributed by atoms with Crippen LogP contribution >= 0.6 is 0 Å². The molecule has 1 aliphatic rings. The van der Waals surface area contributed by atoms with Gasteiger partial charge < -0.3 is 10.0 Å². The number of sulfonamides is 1. The fourth-order valence-corrected chi connectivity index (χ4v) is 6.77. The van der Waals surface area contributed by atoms with Crippen LogP contribution < -0.4 is 0 Å². The van der Waals surface area contributed by atoms with E-state index in [4.69, 9.17) is 5.11 Å². The number of carboxylic acid groups (broad SMARTS) is 1. The largest absolute Gasteiger partial charge is 0.481 e. The lowest BCUT2D eigenvalue weighted by atomic mass is 10.1. The minimum atomic E-state index is -4.35. The average molecular weight is 513 g/mol. The summed E-state index contributed by atoms with van der Waals surface area (Å²) in [6.45, 7) is 7.21. The van der Waals surface area contributed by atoms with Gasteiger partial charge in [-0.3, -0.25) is 4.79 Å². The summed E-state index contributed by atoms with van der Waals surface area (Å²) < 4.78 is 66.6. The number of aliphatic carboxylic acids is 1. The lowest BCUT2D eigenvalue weighted by molar-refractivity contribution is -0.138. The summed E-state index contributed by atoms with van der Waals surface area (Å²) >= 11 is 0. The Morgan fingerprint density at radius 1 is 1.03 bits per heavy atom. The van der Waals surface area contributed by atoms with Crippen LogP contribution in [0.4, 0.5) is 13.2 Å². The quantitative estimate of drug-likeness (QED) is 0.569. The minimum Gasteiger partial charge on any atom is -0.481 e. The zero-order valence-electron chi connectivity index (χ0n) is 20.0. The van der Waals surface area contributed by atoms with Gasteiger partial charge in [0.2, 0.25) is 10.0 Å². The molecule has 2 aromatic carbocycles. The van der Waals surface area contributed by atoms with Gasteiger partial charge in [0, 0.05) is 25.2 Å². The predicted molar refractivity (Wildman–Crippen MR) is 127 cm³/mol. The van der Waals surface area contributed by atoms with Crippen LogP contribution in [0.5, 0.6) is 0 Å². The SMILES string of the molecule is Cc1cc(CC(=O)O)cc(S(=O)(=O)N2[C@H](C)CN(CCCc3ccc(C(F)(F)F)cc3)C[C@@H]2C)c1. The average Bonchev–Trinajstić information content (AvgIpc) is 2.72. The summed E-state index contributed by atoms with van der Waals surface area (Å²) in [5.74, 6) is -1.02. The number of hydrogen-bond donors (Lipinski definition) is 1. The van der Waals surface area contributed by atoms with Crippen LogP contribution in [0.3, 0.4) is 0 Å². The van der Waals surface area contributed by atoms with Crippen molar-refractivity contribution in [3.63, 3.8) is 0 Å². The van der Waals surface area contributed by atoms with Crippen molar-refractivity contribution >= 4 is 16.0 Å². The predicted octanol–water partition coefficient (Wildman–Crippen LogP) is 4.36. The molecule has 1 fully saturated rings. The Kier molecular flexibility index (Phi) is 8.28. The van der Waals surface area contributed by atoms with E-state index >= 15 is 0 Å². The van der Waals surface area contributed by atoms with Crippen molar-refractivity contribution in [1.82, 2.24) is 9.21 Å². The van der Waals surface area contributed by atoms with E-state index in [0.717, 1.165) is 24.1 Å². The lowest BCUT2D eigenvalue weighted by Crippen LogP contribution is -2.58. The van der Waals surface area contributed by atoms with Crippen molar-refractivity contribution in [2.75, 3.05) is 19.6 Å². The second kappa shape index (κ2) is 10.7. The van der Waals surface area contributed by atoms with Crippen molar-refractivity contribution in [3.8, 4) is 0 Å². The summed E-state index contributed by atoms with van der Waals surface area (Å²) in [5, 5.41) is 9.09. The maximum atomic E-state index is 13.5. The number of piperazine rings is 1. The number of aryl methyl sites for hydroxylation is 2. The topological polar surface area (TPSA) is 77.9 Å². The normalized spacial score (nSPS) is 20.2. The number of benzene rings is 2. The van der Waals surface area contributed by atoms with Crippen molar-refractivity contribution in [2.24, 2.45) is 0 Å². The van der Waals surface area contributed by atoms with E-state index in [-0.39, 0.29) is 23.4 Å². The number of nitrogens with zero attached hydrogens (tertiary/aromatic N) is 2. The molecule has 6 nitrogen and oxygen atoms in total. The summed E-state index contributed by atoms with van der Waals surface area (Å²) in [4.78, 5) is 13.4. The zero-order valence-corrected chi connectivity index (χ0v) is 20.9. The van der Waals surface area contributed by atoms with E-state index in [9.17, 15) is 26.4 Å². The molecule has 0 bridgehead atoms. The van der Waals surface area contributed by atoms with E-state index in [1.54, 1.807) is 19.1 Å². The van der Waals surface area contributed by atoms with Crippen LogP contribution in [0.25, 0.3) is 0 Å². The maximum Gasteiger partial charge on any atom is 0.416 e. The molecule has 0 amide bonds. The molecule has 192 valence electrons. The van der Waals surface area contributed by atoms with E-state index in [1.165, 1.54) is 22.5 Å². The van der Waals surface area contributed by atoms with Crippen LogP contribution in [0.2, 0.25) is 0 Å². The highest BCUT2D eigenvalue weighted by Gasteiger charge is 2.38. The van der Waals surface area contributed by atoms with Crippen molar-refractivity contribution in [3.05, 3.63) is 64.7 Å². The first-order valence-corrected chi connectivity index (χ1v) is 13.0. The molecule has 1 saturated heterocycles. The van der Waals surface area contributed by atoms with Gasteiger partial charge in [0.25, 0.3) is 0 Å². The van der Waals surface area contributed by atoms with Crippen LogP contribution in [-0.4, -0.2) is 60.4 Å². The highest BCUT2D eigenvalue weighted by atomic mass is 32.2. The molecule has 1 heterocycles. The molecule has 0 aliphatic carbocycles. The number of hydrogen-bond acceptors (Lipinski definition) is 4. The molecule has 0 unspecified atom stereocenters. The summed E-state index contributed by atoms with van der Waals surface area (Å²) in [6.07, 6.45) is -3.22. The van der Waals surface area contributed by atoms with Gasteiger partial charge in [-0.25, -0.2) is 8.42 Å².